The van der Waals surface area contributed by atoms with Crippen LogP contribution in [0.25, 0.3) is 27.2 Å². The number of rotatable bonds is 2. The number of hydrogen-bond acceptors (Lipinski definition) is 0. The molecule has 0 saturated heterocycles. The monoisotopic (exact) mass is 458 g/mol. The largest absolute Gasteiger partial charge is 0.250 e. The van der Waals surface area contributed by atoms with Gasteiger partial charge in [-0.15, -0.1) is 4.68 Å². The first-order chi connectivity index (χ1) is 16.9. The quantitative estimate of drug-likeness (QED) is 0.210. The van der Waals surface area contributed by atoms with Crippen molar-refractivity contribution in [1.82, 2.24) is 4.68 Å². The molecule has 0 aliphatic heterocycles. The molecule has 2 aromatic heterocycles. The molecule has 0 fully saturated rings. The van der Waals surface area contributed by atoms with E-state index in [4.69, 9.17) is 4.11 Å². The highest BCUT2D eigenvalue weighted by Gasteiger charge is 2.56. The van der Waals surface area contributed by atoms with Crippen LogP contribution in [-0.2, 0) is 10.8 Å². The number of fused-ring (bicyclic) bond motifs is 3. The molecule has 0 amide bonds. The summed E-state index contributed by atoms with van der Waals surface area (Å²) in [5.74, 6) is 0.293. The SMILES string of the molecule is [2H]C([2H])([2H])c1ccc2c3c1c1cccc(C(C)C)c1[n+]1c3c(c(C)n1C(C)C)C(C)(C)C(C)(C)C2(C)C. The number of aryl methyl sites for hydroxylation is 1. The van der Waals surface area contributed by atoms with Crippen LogP contribution in [0, 0.1) is 19.2 Å². The molecule has 5 rings (SSSR count). The van der Waals surface area contributed by atoms with E-state index in [-0.39, 0.29) is 22.3 Å². The van der Waals surface area contributed by atoms with Crippen LogP contribution in [0.1, 0.15) is 113 Å². The topological polar surface area (TPSA) is 9.03 Å². The Kier molecular flexibility index (Phi) is 4.02. The first-order valence-electron chi connectivity index (χ1n) is 14.4. The summed E-state index contributed by atoms with van der Waals surface area (Å²) >= 11 is 0. The van der Waals surface area contributed by atoms with Crippen molar-refractivity contribution in [2.75, 3.05) is 0 Å². The van der Waals surface area contributed by atoms with Crippen LogP contribution < -0.4 is 4.52 Å². The van der Waals surface area contributed by atoms with Crippen molar-refractivity contribution in [2.24, 2.45) is 5.41 Å². The number of hydrogen-bond donors (Lipinski definition) is 0. The number of nitrogens with zero attached hydrogens (tertiary/aromatic N) is 2. The van der Waals surface area contributed by atoms with Crippen molar-refractivity contribution >= 4 is 27.2 Å². The zero-order chi connectivity index (χ0) is 27.6. The Morgan fingerprint density at radius 3 is 2.12 bits per heavy atom. The molecule has 4 aromatic rings. The summed E-state index contributed by atoms with van der Waals surface area (Å²) in [5.41, 5.74) is 7.36. The maximum Gasteiger partial charge on any atom is 0.250 e. The molecule has 0 atom stereocenters. The van der Waals surface area contributed by atoms with Crippen LogP contribution in [-0.4, -0.2) is 4.68 Å². The molecule has 34 heavy (non-hydrogen) atoms. The lowest BCUT2D eigenvalue weighted by atomic mass is 9.52. The van der Waals surface area contributed by atoms with Gasteiger partial charge in [0.25, 0.3) is 0 Å². The Hall–Kier alpha value is -2.35. The van der Waals surface area contributed by atoms with E-state index in [0.717, 1.165) is 21.7 Å². The molecule has 0 N–H and O–H groups in total. The smallest absolute Gasteiger partial charge is 0.149 e. The maximum atomic E-state index is 8.57. The van der Waals surface area contributed by atoms with Gasteiger partial charge < -0.3 is 0 Å². The molecule has 180 valence electrons. The van der Waals surface area contributed by atoms with E-state index in [1.165, 1.54) is 27.9 Å². The third-order valence-corrected chi connectivity index (χ3v) is 9.89. The summed E-state index contributed by atoms with van der Waals surface area (Å²) in [6.45, 7) is 23.3. The minimum absolute atomic E-state index is 0.123. The van der Waals surface area contributed by atoms with Gasteiger partial charge in [-0.1, -0.05) is 84.2 Å². The average molecular weight is 459 g/mol. The lowest BCUT2D eigenvalue weighted by Crippen LogP contribution is -2.49. The van der Waals surface area contributed by atoms with Gasteiger partial charge >= 0.3 is 0 Å². The van der Waals surface area contributed by atoms with Crippen molar-refractivity contribution in [3.05, 3.63) is 58.3 Å². The highest BCUT2D eigenvalue weighted by molar-refractivity contribution is 6.14. The second-order valence-electron chi connectivity index (χ2n) is 12.7. The van der Waals surface area contributed by atoms with E-state index in [1.807, 2.05) is 6.07 Å². The van der Waals surface area contributed by atoms with Crippen LogP contribution in [0.2, 0.25) is 0 Å². The van der Waals surface area contributed by atoms with E-state index in [2.05, 4.69) is 110 Å². The molecule has 0 radical (unpaired) electrons. The summed E-state index contributed by atoms with van der Waals surface area (Å²) in [5, 5.41) is 3.05. The van der Waals surface area contributed by atoms with Crippen LogP contribution in [0.15, 0.2) is 30.3 Å². The molecular weight excluding hydrogens is 412 g/mol. The van der Waals surface area contributed by atoms with Gasteiger partial charge in [0.2, 0.25) is 11.0 Å². The van der Waals surface area contributed by atoms with E-state index < -0.39 is 6.85 Å². The zero-order valence-corrected chi connectivity index (χ0v) is 22.9. The van der Waals surface area contributed by atoms with Gasteiger partial charge in [-0.3, -0.25) is 0 Å². The van der Waals surface area contributed by atoms with Crippen molar-refractivity contribution < 1.29 is 8.63 Å². The Labute approximate surface area is 210 Å². The average Bonchev–Trinajstić information content (AvgIpc) is 3.08. The molecule has 0 saturated carbocycles. The van der Waals surface area contributed by atoms with E-state index >= 15 is 0 Å². The molecule has 0 bridgehead atoms. The van der Waals surface area contributed by atoms with Crippen molar-refractivity contribution in [3.63, 3.8) is 0 Å². The molecule has 1 aliphatic carbocycles. The van der Waals surface area contributed by atoms with Crippen molar-refractivity contribution in [3.8, 4) is 0 Å². The van der Waals surface area contributed by atoms with Crippen LogP contribution in [0.3, 0.4) is 0 Å². The van der Waals surface area contributed by atoms with Gasteiger partial charge in [-0.05, 0) is 61.6 Å². The second kappa shape index (κ2) is 6.86. The summed E-state index contributed by atoms with van der Waals surface area (Å²) < 4.78 is 30.6. The number of aromatic nitrogens is 2. The second-order valence-corrected chi connectivity index (χ2v) is 12.7. The predicted octanol–water partition coefficient (Wildman–Crippen LogP) is 8.45. The Bertz CT molecular complexity index is 1590. The van der Waals surface area contributed by atoms with Crippen molar-refractivity contribution in [1.29, 1.82) is 0 Å². The minimum Gasteiger partial charge on any atom is -0.149 e. The van der Waals surface area contributed by atoms with Gasteiger partial charge in [0.05, 0.1) is 28.1 Å². The third-order valence-electron chi connectivity index (χ3n) is 9.89. The molecule has 0 spiro atoms. The third kappa shape index (κ3) is 2.50. The fourth-order valence-corrected chi connectivity index (χ4v) is 7.01. The Balaban J connectivity index is 2.32. The highest BCUT2D eigenvalue weighted by atomic mass is 15.4. The van der Waals surface area contributed by atoms with Gasteiger partial charge in [0.15, 0.2) is 0 Å². The van der Waals surface area contributed by atoms with Crippen LogP contribution in [0.5, 0.6) is 0 Å². The minimum atomic E-state index is -2.21. The Morgan fingerprint density at radius 1 is 0.853 bits per heavy atom. The normalized spacial score (nSPS) is 20.3. The maximum absolute atomic E-state index is 8.57. The van der Waals surface area contributed by atoms with E-state index in [9.17, 15) is 0 Å². The molecule has 2 nitrogen and oxygen atoms in total. The van der Waals surface area contributed by atoms with Gasteiger partial charge in [-0.25, -0.2) is 0 Å². The fourth-order valence-electron chi connectivity index (χ4n) is 7.01. The number of pyridine rings is 1. The fraction of sp³-hybridized carbons (Fsp3) is 0.531. The van der Waals surface area contributed by atoms with Crippen LogP contribution in [0.4, 0.5) is 0 Å². The van der Waals surface area contributed by atoms with Gasteiger partial charge in [-0.2, -0.15) is 0 Å². The lowest BCUT2D eigenvalue weighted by Gasteiger charge is -2.51. The molecule has 1 aliphatic rings. The Morgan fingerprint density at radius 2 is 1.53 bits per heavy atom. The first kappa shape index (κ1) is 19.9. The van der Waals surface area contributed by atoms with Gasteiger partial charge in [0, 0.05) is 20.5 Å². The summed E-state index contributed by atoms with van der Waals surface area (Å²) in [4.78, 5) is 0. The van der Waals surface area contributed by atoms with Gasteiger partial charge in [0.1, 0.15) is 0 Å². The standard InChI is InChI=1S/C32H43N2/c1-18(2)22-14-13-15-23-25-20(5)16-17-24-26(25)29-27(31(9,10)32(11,12)30(24,7)8)21(6)33(19(3)4)34(29)28(22)23/h13-19H,1-12H3/q+1/i5D3. The van der Waals surface area contributed by atoms with Crippen molar-refractivity contribution in [2.45, 2.75) is 106 Å². The predicted molar refractivity (Wildman–Crippen MR) is 146 cm³/mol. The molecule has 0 unspecified atom stereocenters. The van der Waals surface area contributed by atoms with E-state index in [1.54, 1.807) is 0 Å². The van der Waals surface area contributed by atoms with E-state index in [0.29, 0.717) is 11.5 Å². The number of benzene rings is 2. The number of para-hydroxylation sites is 1. The summed E-state index contributed by atoms with van der Waals surface area (Å²) in [6, 6.07) is 10.7. The zero-order valence-electron chi connectivity index (χ0n) is 25.9. The highest BCUT2D eigenvalue weighted by Crippen LogP contribution is 2.59. The summed E-state index contributed by atoms with van der Waals surface area (Å²) in [6.07, 6.45) is 0. The summed E-state index contributed by atoms with van der Waals surface area (Å²) in [7, 11) is 0. The molecule has 2 aromatic carbocycles. The molecular formula is C32H43N2+. The lowest BCUT2D eigenvalue weighted by molar-refractivity contribution is -0.586. The molecule has 2 heteroatoms. The molecule has 2 heterocycles. The first-order valence-corrected chi connectivity index (χ1v) is 12.9. The van der Waals surface area contributed by atoms with Crippen LogP contribution >= 0.6 is 0 Å².